The van der Waals surface area contributed by atoms with Gasteiger partial charge in [0.1, 0.15) is 0 Å². The number of pyridine rings is 1. The van der Waals surface area contributed by atoms with Gasteiger partial charge in [-0.15, -0.1) is 0 Å². The van der Waals surface area contributed by atoms with E-state index in [1.807, 2.05) is 12.3 Å². The van der Waals surface area contributed by atoms with Crippen LogP contribution in [0.4, 0.5) is 0 Å². The molecule has 0 aromatic carbocycles. The first-order valence-electron chi connectivity index (χ1n) is 7.14. The minimum absolute atomic E-state index is 0.466. The van der Waals surface area contributed by atoms with Crippen LogP contribution in [-0.4, -0.2) is 36.6 Å². The van der Waals surface area contributed by atoms with Gasteiger partial charge in [-0.3, -0.25) is 9.88 Å². The van der Waals surface area contributed by atoms with Gasteiger partial charge < -0.3 is 5.32 Å². The van der Waals surface area contributed by atoms with Crippen molar-refractivity contribution >= 4 is 0 Å². The van der Waals surface area contributed by atoms with Crippen molar-refractivity contribution in [3.63, 3.8) is 0 Å². The topological polar surface area (TPSA) is 28.2 Å². The molecule has 3 heteroatoms. The Bertz CT molecular complexity index is 339. The van der Waals surface area contributed by atoms with Gasteiger partial charge in [-0.25, -0.2) is 0 Å². The Morgan fingerprint density at radius 2 is 2.28 bits per heavy atom. The van der Waals surface area contributed by atoms with Gasteiger partial charge in [0.15, 0.2) is 0 Å². The average molecular weight is 247 g/mol. The van der Waals surface area contributed by atoms with E-state index >= 15 is 0 Å². The first-order chi connectivity index (χ1) is 8.83. The van der Waals surface area contributed by atoms with Gasteiger partial charge in [0.05, 0.1) is 11.7 Å². The third-order valence-corrected chi connectivity index (χ3v) is 3.90. The molecular formula is C15H25N3. The molecule has 1 aromatic rings. The summed E-state index contributed by atoms with van der Waals surface area (Å²) in [5.74, 6) is 0.673. The summed E-state index contributed by atoms with van der Waals surface area (Å²) >= 11 is 0. The summed E-state index contributed by atoms with van der Waals surface area (Å²) in [6.07, 6.45) is 5.86. The smallest absolute Gasteiger partial charge is 0.0578 e. The second-order valence-corrected chi connectivity index (χ2v) is 5.24. The number of hydrogen-bond donors (Lipinski definition) is 1. The predicted molar refractivity (Wildman–Crippen MR) is 75.5 cm³/mol. The van der Waals surface area contributed by atoms with E-state index in [0.29, 0.717) is 12.0 Å². The van der Waals surface area contributed by atoms with Crippen molar-refractivity contribution < 1.29 is 0 Å². The Balaban J connectivity index is 2.18. The summed E-state index contributed by atoms with van der Waals surface area (Å²) in [6, 6.07) is 6.74. The molecule has 100 valence electrons. The fraction of sp³-hybridized carbons (Fsp3) is 0.667. The lowest BCUT2D eigenvalue weighted by molar-refractivity contribution is 0.185. The SMILES string of the molecule is CCNCC1CCCCN(C)C1c1ccccn1. The number of nitrogens with zero attached hydrogens (tertiary/aromatic N) is 2. The van der Waals surface area contributed by atoms with E-state index in [1.54, 1.807) is 0 Å². The van der Waals surface area contributed by atoms with Crippen molar-refractivity contribution in [3.05, 3.63) is 30.1 Å². The molecular weight excluding hydrogens is 222 g/mol. The Morgan fingerprint density at radius 3 is 3.00 bits per heavy atom. The molecule has 0 bridgehead atoms. The largest absolute Gasteiger partial charge is 0.317 e. The molecule has 1 aliphatic heterocycles. The van der Waals surface area contributed by atoms with E-state index in [2.05, 4.69) is 41.3 Å². The molecule has 0 aliphatic carbocycles. The number of likely N-dealkylation sites (tertiary alicyclic amines) is 1. The summed E-state index contributed by atoms with van der Waals surface area (Å²) in [7, 11) is 2.24. The highest BCUT2D eigenvalue weighted by atomic mass is 15.1. The van der Waals surface area contributed by atoms with Crippen molar-refractivity contribution in [2.45, 2.75) is 32.2 Å². The Hall–Kier alpha value is -0.930. The molecule has 2 rings (SSSR count). The maximum atomic E-state index is 4.58. The lowest BCUT2D eigenvalue weighted by Gasteiger charge is -2.32. The maximum Gasteiger partial charge on any atom is 0.0578 e. The molecule has 2 heterocycles. The number of aromatic nitrogens is 1. The summed E-state index contributed by atoms with van der Waals surface area (Å²) < 4.78 is 0. The summed E-state index contributed by atoms with van der Waals surface area (Å²) in [5.41, 5.74) is 1.23. The van der Waals surface area contributed by atoms with Crippen LogP contribution in [0.3, 0.4) is 0 Å². The molecule has 18 heavy (non-hydrogen) atoms. The standard InChI is InChI=1S/C15H25N3/c1-3-16-12-13-8-5-7-11-18(2)15(13)14-9-4-6-10-17-14/h4,6,9-10,13,15-16H,3,5,7-8,11-12H2,1-2H3. The van der Waals surface area contributed by atoms with E-state index in [1.165, 1.54) is 31.5 Å². The van der Waals surface area contributed by atoms with Gasteiger partial charge in [-0.1, -0.05) is 19.4 Å². The van der Waals surface area contributed by atoms with Crippen LogP contribution in [0.1, 0.15) is 37.9 Å². The lowest BCUT2D eigenvalue weighted by Crippen LogP contribution is -2.35. The van der Waals surface area contributed by atoms with Gasteiger partial charge in [-0.05, 0) is 57.6 Å². The first-order valence-corrected chi connectivity index (χ1v) is 7.14. The van der Waals surface area contributed by atoms with E-state index in [-0.39, 0.29) is 0 Å². The molecule has 1 aromatic heterocycles. The van der Waals surface area contributed by atoms with Gasteiger partial charge in [0.25, 0.3) is 0 Å². The van der Waals surface area contributed by atoms with Crippen molar-refractivity contribution in [2.75, 3.05) is 26.7 Å². The van der Waals surface area contributed by atoms with Gasteiger partial charge in [-0.2, -0.15) is 0 Å². The molecule has 0 amide bonds. The third kappa shape index (κ3) is 3.30. The first kappa shape index (κ1) is 13.5. The predicted octanol–water partition coefficient (Wildman–Crippen LogP) is 2.46. The molecule has 2 atom stereocenters. The maximum absolute atomic E-state index is 4.58. The molecule has 0 radical (unpaired) electrons. The van der Waals surface area contributed by atoms with Gasteiger partial charge in [0, 0.05) is 6.20 Å². The summed E-state index contributed by atoms with van der Waals surface area (Å²) in [4.78, 5) is 7.07. The van der Waals surface area contributed by atoms with Crippen LogP contribution in [0.15, 0.2) is 24.4 Å². The molecule has 0 saturated carbocycles. The van der Waals surface area contributed by atoms with Crippen molar-refractivity contribution in [1.29, 1.82) is 0 Å². The van der Waals surface area contributed by atoms with Gasteiger partial charge >= 0.3 is 0 Å². The second kappa shape index (κ2) is 6.86. The number of rotatable bonds is 4. The normalized spacial score (nSPS) is 25.9. The molecule has 0 spiro atoms. The monoisotopic (exact) mass is 247 g/mol. The van der Waals surface area contributed by atoms with Crippen LogP contribution >= 0.6 is 0 Å². The van der Waals surface area contributed by atoms with Crippen molar-refractivity contribution in [1.82, 2.24) is 15.2 Å². The molecule has 3 nitrogen and oxygen atoms in total. The van der Waals surface area contributed by atoms with Crippen LogP contribution in [0.2, 0.25) is 0 Å². The van der Waals surface area contributed by atoms with E-state index in [0.717, 1.165) is 13.1 Å². The van der Waals surface area contributed by atoms with E-state index in [9.17, 15) is 0 Å². The zero-order chi connectivity index (χ0) is 12.8. The molecule has 1 saturated heterocycles. The number of hydrogen-bond acceptors (Lipinski definition) is 3. The minimum Gasteiger partial charge on any atom is -0.317 e. The highest BCUT2D eigenvalue weighted by Gasteiger charge is 2.29. The van der Waals surface area contributed by atoms with Crippen LogP contribution in [0, 0.1) is 5.92 Å². The molecule has 1 aliphatic rings. The number of nitrogens with one attached hydrogen (secondary N) is 1. The second-order valence-electron chi connectivity index (χ2n) is 5.24. The zero-order valence-electron chi connectivity index (χ0n) is 11.6. The van der Waals surface area contributed by atoms with E-state index < -0.39 is 0 Å². The highest BCUT2D eigenvalue weighted by Crippen LogP contribution is 2.32. The Kier molecular flexibility index (Phi) is 5.14. The van der Waals surface area contributed by atoms with Crippen LogP contribution in [-0.2, 0) is 0 Å². The van der Waals surface area contributed by atoms with Gasteiger partial charge in [0.2, 0.25) is 0 Å². The minimum atomic E-state index is 0.466. The highest BCUT2D eigenvalue weighted by molar-refractivity contribution is 5.11. The fourth-order valence-electron chi connectivity index (χ4n) is 2.99. The van der Waals surface area contributed by atoms with Crippen LogP contribution in [0.25, 0.3) is 0 Å². The summed E-state index contributed by atoms with van der Waals surface area (Å²) in [5, 5.41) is 3.51. The van der Waals surface area contributed by atoms with Crippen LogP contribution in [0.5, 0.6) is 0 Å². The third-order valence-electron chi connectivity index (χ3n) is 3.90. The average Bonchev–Trinajstić information content (AvgIpc) is 2.59. The van der Waals surface area contributed by atoms with E-state index in [4.69, 9.17) is 0 Å². The Labute approximate surface area is 111 Å². The van der Waals surface area contributed by atoms with Crippen molar-refractivity contribution in [2.24, 2.45) is 5.92 Å². The summed E-state index contributed by atoms with van der Waals surface area (Å²) in [6.45, 7) is 5.51. The fourth-order valence-corrected chi connectivity index (χ4v) is 2.99. The Morgan fingerprint density at radius 1 is 1.39 bits per heavy atom. The lowest BCUT2D eigenvalue weighted by atomic mass is 9.92. The molecule has 2 unspecified atom stereocenters. The van der Waals surface area contributed by atoms with Crippen LogP contribution < -0.4 is 5.32 Å². The van der Waals surface area contributed by atoms with Crippen molar-refractivity contribution in [3.8, 4) is 0 Å². The quantitative estimate of drug-likeness (QED) is 0.886. The zero-order valence-corrected chi connectivity index (χ0v) is 11.6. The molecule has 1 fully saturated rings. The molecule has 1 N–H and O–H groups in total.